The maximum absolute atomic E-state index is 10.5. The number of rotatable bonds is 3. The Morgan fingerprint density at radius 3 is 2.42 bits per heavy atom. The first-order valence-electron chi connectivity index (χ1n) is 8.14. The van der Waals surface area contributed by atoms with Crippen molar-refractivity contribution in [1.29, 1.82) is 0 Å². The highest BCUT2D eigenvalue weighted by molar-refractivity contribution is 5.49. The molecular weight excluding hydrogens is 306 g/mol. The van der Waals surface area contributed by atoms with Gasteiger partial charge in [0.1, 0.15) is 17.2 Å². The summed E-state index contributed by atoms with van der Waals surface area (Å²) in [6.07, 6.45) is 0.0161. The van der Waals surface area contributed by atoms with E-state index in [4.69, 9.17) is 0 Å². The Morgan fingerprint density at radius 2 is 1.75 bits per heavy atom. The fraction of sp³-hybridized carbons (Fsp3) is 0.368. The van der Waals surface area contributed by atoms with E-state index in [0.29, 0.717) is 17.7 Å². The van der Waals surface area contributed by atoms with Crippen molar-refractivity contribution in [2.45, 2.75) is 38.5 Å². The largest absolute Gasteiger partial charge is 0.508 e. The Kier molecular flexibility index (Phi) is 4.39. The molecule has 3 rings (SSSR count). The Balaban J connectivity index is 1.85. The summed E-state index contributed by atoms with van der Waals surface area (Å²) in [5, 5.41) is 39.7. The van der Waals surface area contributed by atoms with Crippen LogP contribution in [0.5, 0.6) is 17.2 Å². The highest BCUT2D eigenvalue weighted by Gasteiger charge is 2.34. The van der Waals surface area contributed by atoms with Crippen molar-refractivity contribution in [2.24, 2.45) is 0 Å². The van der Waals surface area contributed by atoms with Crippen LogP contribution in [0.15, 0.2) is 36.4 Å². The smallest absolute Gasteiger partial charge is 0.124 e. The fourth-order valence-corrected chi connectivity index (χ4v) is 3.65. The fourth-order valence-electron chi connectivity index (χ4n) is 3.65. The molecule has 0 spiro atoms. The van der Waals surface area contributed by atoms with E-state index >= 15 is 0 Å². The number of phenolic OH excluding ortho intramolecular Hbond substituents is 3. The lowest BCUT2D eigenvalue weighted by molar-refractivity contribution is 0.0452. The summed E-state index contributed by atoms with van der Waals surface area (Å²) in [5.74, 6) is 0.216. The van der Waals surface area contributed by atoms with Crippen LogP contribution in [0.2, 0.25) is 0 Å². The van der Waals surface area contributed by atoms with E-state index in [1.54, 1.807) is 12.1 Å². The van der Waals surface area contributed by atoms with Crippen molar-refractivity contribution in [3.63, 3.8) is 0 Å². The first kappa shape index (κ1) is 16.6. The highest BCUT2D eigenvalue weighted by atomic mass is 16.3. The summed E-state index contributed by atoms with van der Waals surface area (Å²) in [5.41, 5.74) is 2.36. The average Bonchev–Trinajstić information content (AvgIpc) is 2.52. The molecule has 0 bridgehead atoms. The Bertz CT molecular complexity index is 729. The summed E-state index contributed by atoms with van der Waals surface area (Å²) < 4.78 is 0. The average molecular weight is 329 g/mol. The third kappa shape index (κ3) is 3.05. The van der Waals surface area contributed by atoms with Crippen molar-refractivity contribution in [3.8, 4) is 17.2 Å². The molecule has 0 saturated carbocycles. The number of nitrogens with zero attached hydrogens (tertiary/aromatic N) is 1. The van der Waals surface area contributed by atoms with Gasteiger partial charge in [0, 0.05) is 30.3 Å². The highest BCUT2D eigenvalue weighted by Crippen LogP contribution is 2.42. The summed E-state index contributed by atoms with van der Waals surface area (Å²) in [4.78, 5) is 2.15. The molecule has 0 radical (unpaired) electrons. The molecule has 1 aliphatic rings. The number of benzene rings is 2. The van der Waals surface area contributed by atoms with Crippen molar-refractivity contribution < 1.29 is 20.4 Å². The van der Waals surface area contributed by atoms with Gasteiger partial charge in [0.15, 0.2) is 0 Å². The molecule has 0 aromatic heterocycles. The monoisotopic (exact) mass is 329 g/mol. The van der Waals surface area contributed by atoms with E-state index in [1.165, 1.54) is 12.1 Å². The van der Waals surface area contributed by atoms with Crippen LogP contribution in [-0.2, 0) is 6.42 Å². The standard InChI is InChI=1S/C19H23NO4/c1-11(7-13-3-5-14(21)6-4-13)20-10-18(24)16-8-15(22)9-17(23)19(16)12(20)2/h3-6,8-9,11-12,18,21-24H,7,10H2,1-2H3. The maximum atomic E-state index is 10.5. The van der Waals surface area contributed by atoms with Gasteiger partial charge in [-0.2, -0.15) is 0 Å². The van der Waals surface area contributed by atoms with Gasteiger partial charge in [-0.3, -0.25) is 4.90 Å². The van der Waals surface area contributed by atoms with Crippen molar-refractivity contribution >= 4 is 0 Å². The molecule has 0 aliphatic carbocycles. The topological polar surface area (TPSA) is 84.2 Å². The van der Waals surface area contributed by atoms with Crippen molar-refractivity contribution in [1.82, 2.24) is 4.90 Å². The minimum Gasteiger partial charge on any atom is -0.508 e. The van der Waals surface area contributed by atoms with Gasteiger partial charge in [0.05, 0.1) is 6.10 Å². The molecule has 128 valence electrons. The first-order valence-corrected chi connectivity index (χ1v) is 8.14. The lowest BCUT2D eigenvalue weighted by Crippen LogP contribution is -2.43. The molecule has 5 heteroatoms. The Labute approximate surface area is 141 Å². The molecule has 0 fully saturated rings. The lowest BCUT2D eigenvalue weighted by atomic mass is 9.88. The van der Waals surface area contributed by atoms with E-state index in [9.17, 15) is 20.4 Å². The second-order valence-corrected chi connectivity index (χ2v) is 6.58. The number of aliphatic hydroxyl groups excluding tert-OH is 1. The summed E-state index contributed by atoms with van der Waals surface area (Å²) >= 11 is 0. The van der Waals surface area contributed by atoms with Gasteiger partial charge in [0.25, 0.3) is 0 Å². The van der Waals surface area contributed by atoms with Gasteiger partial charge >= 0.3 is 0 Å². The van der Waals surface area contributed by atoms with Crippen molar-refractivity contribution in [2.75, 3.05) is 6.54 Å². The Morgan fingerprint density at radius 1 is 1.08 bits per heavy atom. The number of β-amino-alcohol motifs (C(OH)–C–C–N with tert-alkyl or cyclic N) is 1. The van der Waals surface area contributed by atoms with Gasteiger partial charge in [-0.25, -0.2) is 0 Å². The first-order chi connectivity index (χ1) is 11.4. The van der Waals surface area contributed by atoms with Crippen LogP contribution < -0.4 is 0 Å². The maximum Gasteiger partial charge on any atom is 0.124 e. The summed E-state index contributed by atoms with van der Waals surface area (Å²) in [6, 6.07) is 10.0. The van der Waals surface area contributed by atoms with Gasteiger partial charge in [-0.15, -0.1) is 0 Å². The third-order valence-corrected chi connectivity index (χ3v) is 4.87. The molecule has 2 aromatic rings. The Hall–Kier alpha value is -2.24. The van der Waals surface area contributed by atoms with Crippen LogP contribution in [0.3, 0.4) is 0 Å². The van der Waals surface area contributed by atoms with Gasteiger partial charge < -0.3 is 20.4 Å². The van der Waals surface area contributed by atoms with E-state index < -0.39 is 6.10 Å². The molecule has 3 unspecified atom stereocenters. The molecule has 4 N–H and O–H groups in total. The van der Waals surface area contributed by atoms with Crippen LogP contribution in [-0.4, -0.2) is 37.9 Å². The number of hydrogen-bond acceptors (Lipinski definition) is 5. The van der Waals surface area contributed by atoms with Gasteiger partial charge in [0.2, 0.25) is 0 Å². The molecule has 1 heterocycles. The van der Waals surface area contributed by atoms with E-state index in [0.717, 1.165) is 12.0 Å². The van der Waals surface area contributed by atoms with Crippen LogP contribution in [0, 0.1) is 0 Å². The van der Waals surface area contributed by atoms with Gasteiger partial charge in [-0.1, -0.05) is 12.1 Å². The van der Waals surface area contributed by atoms with E-state index in [2.05, 4.69) is 11.8 Å². The van der Waals surface area contributed by atoms with Gasteiger partial charge in [-0.05, 0) is 49.6 Å². The normalized spacial score (nSPS) is 22.1. The zero-order valence-electron chi connectivity index (χ0n) is 13.8. The van der Waals surface area contributed by atoms with E-state index in [-0.39, 0.29) is 29.3 Å². The zero-order chi connectivity index (χ0) is 17.4. The quantitative estimate of drug-likeness (QED) is 0.696. The number of phenols is 3. The minimum atomic E-state index is -0.753. The predicted molar refractivity (Wildman–Crippen MR) is 91.1 cm³/mol. The number of fused-ring (bicyclic) bond motifs is 1. The van der Waals surface area contributed by atoms with Crippen LogP contribution in [0.4, 0.5) is 0 Å². The van der Waals surface area contributed by atoms with Crippen molar-refractivity contribution in [3.05, 3.63) is 53.1 Å². The molecule has 2 aromatic carbocycles. The molecule has 5 nitrogen and oxygen atoms in total. The minimum absolute atomic E-state index is 0.0121. The number of hydrogen-bond donors (Lipinski definition) is 4. The third-order valence-electron chi connectivity index (χ3n) is 4.87. The zero-order valence-corrected chi connectivity index (χ0v) is 13.8. The second-order valence-electron chi connectivity index (χ2n) is 6.58. The molecule has 1 aliphatic heterocycles. The van der Waals surface area contributed by atoms with Crippen LogP contribution in [0.25, 0.3) is 0 Å². The van der Waals surface area contributed by atoms with Crippen LogP contribution >= 0.6 is 0 Å². The summed E-state index contributed by atoms with van der Waals surface area (Å²) in [7, 11) is 0. The lowest BCUT2D eigenvalue weighted by Gasteiger charge is -2.41. The summed E-state index contributed by atoms with van der Waals surface area (Å²) in [6.45, 7) is 4.52. The molecule has 0 saturated heterocycles. The molecule has 3 atom stereocenters. The predicted octanol–water partition coefficient (Wildman–Crippen LogP) is 2.84. The molecule has 24 heavy (non-hydrogen) atoms. The molecule has 0 amide bonds. The second kappa shape index (κ2) is 6.34. The van der Waals surface area contributed by atoms with Crippen LogP contribution in [0.1, 0.15) is 42.7 Å². The molecular formula is C19H23NO4. The number of aromatic hydroxyl groups is 3. The van der Waals surface area contributed by atoms with E-state index in [1.807, 2.05) is 19.1 Å². The number of aliphatic hydroxyl groups is 1. The SMILES string of the molecule is CC(Cc1ccc(O)cc1)N1CC(O)c2cc(O)cc(O)c2C1C.